The van der Waals surface area contributed by atoms with Gasteiger partial charge >= 0.3 is 0 Å². The number of carbonyl (C=O) groups is 1. The van der Waals surface area contributed by atoms with Crippen molar-refractivity contribution in [3.63, 3.8) is 0 Å². The lowest BCUT2D eigenvalue weighted by atomic mass is 10.1. The van der Waals surface area contributed by atoms with Crippen molar-refractivity contribution < 1.29 is 9.53 Å². The fourth-order valence-corrected chi connectivity index (χ4v) is 2.05. The van der Waals surface area contributed by atoms with Crippen molar-refractivity contribution in [2.75, 3.05) is 32.8 Å². The minimum atomic E-state index is -0.0409. The summed E-state index contributed by atoms with van der Waals surface area (Å²) in [6.45, 7) is 7.15. The molecule has 0 spiro atoms. The molecular weight excluding hydrogens is 230 g/mol. The van der Waals surface area contributed by atoms with Gasteiger partial charge in [-0.05, 0) is 26.3 Å². The zero-order valence-electron chi connectivity index (χ0n) is 11.3. The van der Waals surface area contributed by atoms with Crippen LogP contribution in [0.25, 0.3) is 0 Å². The van der Waals surface area contributed by atoms with Crippen LogP contribution in [-0.4, -0.2) is 49.7 Å². The minimum Gasteiger partial charge on any atom is -0.381 e. The quantitative estimate of drug-likeness (QED) is 0.759. The van der Waals surface area contributed by atoms with Crippen molar-refractivity contribution in [2.24, 2.45) is 5.92 Å². The lowest BCUT2D eigenvalue weighted by molar-refractivity contribution is -0.123. The SMILES string of the molecule is CCN(CC(=O)NC1CCOCC1)CC(C)C#N. The Morgan fingerprint density at radius 2 is 2.22 bits per heavy atom. The summed E-state index contributed by atoms with van der Waals surface area (Å²) in [5.74, 6) is 0.00900. The molecule has 1 atom stereocenters. The minimum absolute atomic E-state index is 0.0409. The second kappa shape index (κ2) is 8.06. The zero-order chi connectivity index (χ0) is 13.4. The number of carbonyl (C=O) groups excluding carboxylic acids is 1. The Labute approximate surface area is 109 Å². The number of hydrogen-bond acceptors (Lipinski definition) is 4. The molecule has 0 aromatic carbocycles. The van der Waals surface area contributed by atoms with Crippen LogP contribution in [0.3, 0.4) is 0 Å². The van der Waals surface area contributed by atoms with Gasteiger partial charge in [0.05, 0.1) is 18.5 Å². The average Bonchev–Trinajstić information content (AvgIpc) is 2.38. The summed E-state index contributed by atoms with van der Waals surface area (Å²) in [5.41, 5.74) is 0. The molecule has 1 aliphatic heterocycles. The summed E-state index contributed by atoms with van der Waals surface area (Å²) in [7, 11) is 0. The molecule has 102 valence electrons. The smallest absolute Gasteiger partial charge is 0.234 e. The highest BCUT2D eigenvalue weighted by molar-refractivity contribution is 5.78. The maximum atomic E-state index is 11.9. The Bertz CT molecular complexity index is 295. The van der Waals surface area contributed by atoms with Gasteiger partial charge in [-0.25, -0.2) is 0 Å². The standard InChI is InChI=1S/C13H23N3O2/c1-3-16(9-11(2)8-14)10-13(17)15-12-4-6-18-7-5-12/h11-12H,3-7,9-10H2,1-2H3,(H,15,17). The van der Waals surface area contributed by atoms with E-state index < -0.39 is 0 Å². The maximum absolute atomic E-state index is 11.9. The predicted octanol–water partition coefficient (Wildman–Crippen LogP) is 0.763. The van der Waals surface area contributed by atoms with E-state index in [1.807, 2.05) is 18.7 Å². The number of likely N-dealkylation sites (N-methyl/N-ethyl adjacent to an activating group) is 1. The molecule has 5 nitrogen and oxygen atoms in total. The number of hydrogen-bond donors (Lipinski definition) is 1. The van der Waals surface area contributed by atoms with Gasteiger partial charge in [0.25, 0.3) is 0 Å². The lowest BCUT2D eigenvalue weighted by Gasteiger charge is -2.25. The molecule has 0 aromatic heterocycles. The fraction of sp³-hybridized carbons (Fsp3) is 0.846. The summed E-state index contributed by atoms with van der Waals surface area (Å²) in [5, 5.41) is 11.8. The number of rotatable bonds is 6. The van der Waals surface area contributed by atoms with Gasteiger partial charge in [0.2, 0.25) is 5.91 Å². The zero-order valence-corrected chi connectivity index (χ0v) is 11.3. The molecular formula is C13H23N3O2. The lowest BCUT2D eigenvalue weighted by Crippen LogP contribution is -2.45. The number of nitriles is 1. The maximum Gasteiger partial charge on any atom is 0.234 e. The van der Waals surface area contributed by atoms with E-state index in [0.717, 1.165) is 32.6 Å². The Morgan fingerprint density at radius 1 is 1.56 bits per heavy atom. The Morgan fingerprint density at radius 3 is 2.78 bits per heavy atom. The highest BCUT2D eigenvalue weighted by atomic mass is 16.5. The van der Waals surface area contributed by atoms with Gasteiger partial charge in [0.1, 0.15) is 0 Å². The molecule has 1 fully saturated rings. The number of ether oxygens (including phenoxy) is 1. The van der Waals surface area contributed by atoms with Crippen molar-refractivity contribution in [1.29, 1.82) is 5.26 Å². The Hall–Kier alpha value is -1.12. The molecule has 1 N–H and O–H groups in total. The summed E-state index contributed by atoms with van der Waals surface area (Å²) < 4.78 is 5.25. The van der Waals surface area contributed by atoms with Crippen molar-refractivity contribution in [3.8, 4) is 6.07 Å². The van der Waals surface area contributed by atoms with Gasteiger partial charge in [-0.3, -0.25) is 9.69 Å². The average molecular weight is 253 g/mol. The first-order valence-electron chi connectivity index (χ1n) is 6.64. The number of amides is 1. The topological polar surface area (TPSA) is 65.4 Å². The summed E-state index contributed by atoms with van der Waals surface area (Å²) >= 11 is 0. The third kappa shape index (κ3) is 5.48. The highest BCUT2D eigenvalue weighted by Crippen LogP contribution is 2.06. The number of nitrogens with one attached hydrogen (secondary N) is 1. The Balaban J connectivity index is 2.30. The molecule has 1 unspecified atom stereocenters. The molecule has 1 aliphatic rings. The first-order valence-corrected chi connectivity index (χ1v) is 6.64. The van der Waals surface area contributed by atoms with E-state index in [2.05, 4.69) is 11.4 Å². The van der Waals surface area contributed by atoms with Crippen LogP contribution in [-0.2, 0) is 9.53 Å². The predicted molar refractivity (Wildman–Crippen MR) is 68.9 cm³/mol. The van der Waals surface area contributed by atoms with Crippen molar-refractivity contribution in [3.05, 3.63) is 0 Å². The van der Waals surface area contributed by atoms with Gasteiger partial charge in [-0.2, -0.15) is 5.26 Å². The third-order valence-corrected chi connectivity index (χ3v) is 3.15. The van der Waals surface area contributed by atoms with Gasteiger partial charge in [-0.15, -0.1) is 0 Å². The van der Waals surface area contributed by atoms with Crippen LogP contribution < -0.4 is 5.32 Å². The monoisotopic (exact) mass is 253 g/mol. The second-order valence-corrected chi connectivity index (χ2v) is 4.81. The van der Waals surface area contributed by atoms with Crippen LogP contribution in [0.4, 0.5) is 0 Å². The van der Waals surface area contributed by atoms with Crippen molar-refractivity contribution >= 4 is 5.91 Å². The summed E-state index contributed by atoms with van der Waals surface area (Å²) in [6.07, 6.45) is 1.79. The van der Waals surface area contributed by atoms with Gasteiger partial charge in [-0.1, -0.05) is 6.92 Å². The van der Waals surface area contributed by atoms with Crippen LogP contribution in [0, 0.1) is 17.2 Å². The van der Waals surface area contributed by atoms with E-state index in [0.29, 0.717) is 13.1 Å². The van der Waals surface area contributed by atoms with E-state index >= 15 is 0 Å². The van der Waals surface area contributed by atoms with E-state index in [1.54, 1.807) is 0 Å². The van der Waals surface area contributed by atoms with Crippen molar-refractivity contribution in [2.45, 2.75) is 32.7 Å². The van der Waals surface area contributed by atoms with Gasteiger partial charge in [0, 0.05) is 25.8 Å². The molecule has 1 amide bonds. The molecule has 1 heterocycles. The molecule has 0 aromatic rings. The molecule has 1 rings (SSSR count). The van der Waals surface area contributed by atoms with Crippen LogP contribution in [0.5, 0.6) is 0 Å². The van der Waals surface area contributed by atoms with E-state index in [4.69, 9.17) is 10.00 Å². The first-order chi connectivity index (χ1) is 8.65. The molecule has 18 heavy (non-hydrogen) atoms. The molecule has 0 bridgehead atoms. The van der Waals surface area contributed by atoms with Crippen LogP contribution in [0.15, 0.2) is 0 Å². The van der Waals surface area contributed by atoms with E-state index in [-0.39, 0.29) is 17.9 Å². The normalized spacial score (nSPS) is 18.3. The molecule has 1 saturated heterocycles. The fourth-order valence-electron chi connectivity index (χ4n) is 2.05. The van der Waals surface area contributed by atoms with Crippen LogP contribution in [0.2, 0.25) is 0 Å². The third-order valence-electron chi connectivity index (χ3n) is 3.15. The van der Waals surface area contributed by atoms with Gasteiger partial charge in [0.15, 0.2) is 0 Å². The molecule has 0 aliphatic carbocycles. The molecule has 0 radical (unpaired) electrons. The molecule has 0 saturated carbocycles. The molecule has 5 heteroatoms. The van der Waals surface area contributed by atoms with Gasteiger partial charge < -0.3 is 10.1 Å². The second-order valence-electron chi connectivity index (χ2n) is 4.81. The van der Waals surface area contributed by atoms with E-state index in [1.165, 1.54) is 0 Å². The summed E-state index contributed by atoms with van der Waals surface area (Å²) in [6, 6.07) is 2.44. The first kappa shape index (κ1) is 14.9. The number of nitrogens with zero attached hydrogens (tertiary/aromatic N) is 2. The van der Waals surface area contributed by atoms with Crippen LogP contribution in [0.1, 0.15) is 26.7 Å². The largest absolute Gasteiger partial charge is 0.381 e. The van der Waals surface area contributed by atoms with Crippen LogP contribution >= 0.6 is 0 Å². The highest BCUT2D eigenvalue weighted by Gasteiger charge is 2.18. The van der Waals surface area contributed by atoms with Crippen molar-refractivity contribution in [1.82, 2.24) is 10.2 Å². The van der Waals surface area contributed by atoms with E-state index in [9.17, 15) is 4.79 Å². The Kier molecular flexibility index (Phi) is 6.69. The summed E-state index contributed by atoms with van der Waals surface area (Å²) in [4.78, 5) is 13.9.